The number of hydrogen-bond donors (Lipinski definition) is 1. The Morgan fingerprint density at radius 3 is 2.70 bits per heavy atom. The summed E-state index contributed by atoms with van der Waals surface area (Å²) in [5.41, 5.74) is 3.10. The maximum Gasteiger partial charge on any atom is 0.231 e. The van der Waals surface area contributed by atoms with E-state index >= 15 is 0 Å². The second kappa shape index (κ2) is 5.34. The van der Waals surface area contributed by atoms with Crippen LogP contribution in [-0.2, 0) is 13.1 Å². The standard InChI is InChI=1S/C14H16ClN3O2/c1-9-3-11(17-16-9)7-18(2)6-10-4-13-14(5-12(10)15)20-8-19-13/h3-5H,6-8H2,1-2H3,(H,16,17). The van der Waals surface area contributed by atoms with Crippen LogP contribution in [0.2, 0.25) is 5.02 Å². The molecule has 20 heavy (non-hydrogen) atoms. The number of aryl methyl sites for hydroxylation is 1. The average molecular weight is 294 g/mol. The monoisotopic (exact) mass is 293 g/mol. The van der Waals surface area contributed by atoms with Crippen LogP contribution in [0.4, 0.5) is 0 Å². The summed E-state index contributed by atoms with van der Waals surface area (Å²) in [6.07, 6.45) is 0. The van der Waals surface area contributed by atoms with Gasteiger partial charge in [0.2, 0.25) is 6.79 Å². The van der Waals surface area contributed by atoms with Crippen LogP contribution in [0.5, 0.6) is 11.5 Å². The summed E-state index contributed by atoms with van der Waals surface area (Å²) in [6.45, 7) is 3.74. The normalized spacial score (nSPS) is 13.2. The van der Waals surface area contributed by atoms with Gasteiger partial charge in [0.15, 0.2) is 11.5 Å². The zero-order chi connectivity index (χ0) is 14.1. The number of aromatic amines is 1. The smallest absolute Gasteiger partial charge is 0.231 e. The number of ether oxygens (including phenoxy) is 2. The predicted molar refractivity (Wildman–Crippen MR) is 76.1 cm³/mol. The molecule has 0 aliphatic carbocycles. The summed E-state index contributed by atoms with van der Waals surface area (Å²) in [4.78, 5) is 2.15. The largest absolute Gasteiger partial charge is 0.454 e. The van der Waals surface area contributed by atoms with Crippen molar-refractivity contribution in [1.82, 2.24) is 15.1 Å². The number of rotatable bonds is 4. The van der Waals surface area contributed by atoms with Crippen LogP contribution < -0.4 is 9.47 Å². The molecule has 0 bridgehead atoms. The quantitative estimate of drug-likeness (QED) is 0.942. The van der Waals surface area contributed by atoms with Crippen LogP contribution >= 0.6 is 11.6 Å². The Morgan fingerprint density at radius 2 is 2.00 bits per heavy atom. The highest BCUT2D eigenvalue weighted by Crippen LogP contribution is 2.37. The fourth-order valence-corrected chi connectivity index (χ4v) is 2.47. The fraction of sp³-hybridized carbons (Fsp3) is 0.357. The van der Waals surface area contributed by atoms with Gasteiger partial charge in [0.05, 0.1) is 5.69 Å². The summed E-state index contributed by atoms with van der Waals surface area (Å²) in [5.74, 6) is 1.47. The fourth-order valence-electron chi connectivity index (χ4n) is 2.26. The molecule has 106 valence electrons. The van der Waals surface area contributed by atoms with Crippen molar-refractivity contribution in [3.05, 3.63) is 40.2 Å². The molecule has 1 aromatic heterocycles. The molecule has 0 amide bonds. The van der Waals surface area contributed by atoms with E-state index in [1.165, 1.54) is 0 Å². The van der Waals surface area contributed by atoms with E-state index in [-0.39, 0.29) is 6.79 Å². The predicted octanol–water partition coefficient (Wildman–Crippen LogP) is 2.73. The van der Waals surface area contributed by atoms with Gasteiger partial charge in [-0.1, -0.05) is 11.6 Å². The third-order valence-corrected chi connectivity index (χ3v) is 3.52. The van der Waals surface area contributed by atoms with Crippen LogP contribution in [0.25, 0.3) is 0 Å². The van der Waals surface area contributed by atoms with Crippen molar-refractivity contribution in [2.24, 2.45) is 0 Å². The van der Waals surface area contributed by atoms with E-state index in [1.54, 1.807) is 0 Å². The minimum Gasteiger partial charge on any atom is -0.454 e. The van der Waals surface area contributed by atoms with E-state index in [4.69, 9.17) is 21.1 Å². The average Bonchev–Trinajstić information content (AvgIpc) is 2.98. The molecular weight excluding hydrogens is 278 g/mol. The topological polar surface area (TPSA) is 50.4 Å². The van der Waals surface area contributed by atoms with Gasteiger partial charge in [0.1, 0.15) is 0 Å². The molecule has 0 unspecified atom stereocenters. The SMILES string of the molecule is Cc1cc(CN(C)Cc2cc3c(cc2Cl)OCO3)n[nH]1. The number of halogens is 1. The second-order valence-electron chi connectivity index (χ2n) is 5.01. The lowest BCUT2D eigenvalue weighted by atomic mass is 10.2. The zero-order valence-corrected chi connectivity index (χ0v) is 12.2. The molecule has 2 heterocycles. The summed E-state index contributed by atoms with van der Waals surface area (Å²) < 4.78 is 10.7. The molecule has 6 heteroatoms. The number of nitrogens with zero attached hydrogens (tertiary/aromatic N) is 2. The molecule has 5 nitrogen and oxygen atoms in total. The van der Waals surface area contributed by atoms with Crippen molar-refractivity contribution < 1.29 is 9.47 Å². The van der Waals surface area contributed by atoms with Gasteiger partial charge >= 0.3 is 0 Å². The van der Waals surface area contributed by atoms with E-state index in [0.717, 1.165) is 35.8 Å². The zero-order valence-electron chi connectivity index (χ0n) is 11.4. The molecule has 2 aromatic rings. The first-order valence-electron chi connectivity index (χ1n) is 6.39. The molecule has 0 spiro atoms. The molecule has 3 rings (SSSR count). The molecule has 1 aliphatic heterocycles. The minimum atomic E-state index is 0.261. The Hall–Kier alpha value is -1.72. The van der Waals surface area contributed by atoms with Crippen LogP contribution in [0.1, 0.15) is 17.0 Å². The Balaban J connectivity index is 1.71. The van der Waals surface area contributed by atoms with Gasteiger partial charge in [-0.15, -0.1) is 0 Å². The highest BCUT2D eigenvalue weighted by atomic mass is 35.5. The minimum absolute atomic E-state index is 0.261. The number of hydrogen-bond acceptors (Lipinski definition) is 4. The van der Waals surface area contributed by atoms with Crippen molar-refractivity contribution in [3.63, 3.8) is 0 Å². The molecule has 0 fully saturated rings. The van der Waals surface area contributed by atoms with Crippen LogP contribution in [0.3, 0.4) is 0 Å². The maximum absolute atomic E-state index is 6.28. The second-order valence-corrected chi connectivity index (χ2v) is 5.42. The maximum atomic E-state index is 6.28. The Kier molecular flexibility index (Phi) is 3.54. The van der Waals surface area contributed by atoms with E-state index in [2.05, 4.69) is 15.1 Å². The van der Waals surface area contributed by atoms with Crippen LogP contribution in [0.15, 0.2) is 18.2 Å². The number of benzene rings is 1. The number of nitrogens with one attached hydrogen (secondary N) is 1. The Bertz CT molecular complexity index is 627. The first-order chi connectivity index (χ1) is 9.61. The number of H-pyrrole nitrogens is 1. The molecule has 0 radical (unpaired) electrons. The molecule has 1 aromatic carbocycles. The third kappa shape index (κ3) is 2.73. The lowest BCUT2D eigenvalue weighted by Crippen LogP contribution is -2.17. The first-order valence-corrected chi connectivity index (χ1v) is 6.77. The van der Waals surface area contributed by atoms with Crippen LogP contribution in [-0.4, -0.2) is 28.9 Å². The summed E-state index contributed by atoms with van der Waals surface area (Å²) in [5, 5.41) is 7.87. The van der Waals surface area contributed by atoms with Crippen molar-refractivity contribution >= 4 is 11.6 Å². The molecule has 0 atom stereocenters. The third-order valence-electron chi connectivity index (χ3n) is 3.17. The van der Waals surface area contributed by atoms with E-state index in [0.29, 0.717) is 10.8 Å². The molecule has 0 saturated heterocycles. The van der Waals surface area contributed by atoms with Gasteiger partial charge < -0.3 is 9.47 Å². The Labute approximate surface area is 122 Å². The number of aromatic nitrogens is 2. The van der Waals surface area contributed by atoms with Crippen molar-refractivity contribution in [1.29, 1.82) is 0 Å². The molecule has 0 saturated carbocycles. The van der Waals surface area contributed by atoms with Gasteiger partial charge in [0.25, 0.3) is 0 Å². The molecule has 1 N–H and O–H groups in total. The summed E-state index contributed by atoms with van der Waals surface area (Å²) in [7, 11) is 2.03. The van der Waals surface area contributed by atoms with Gasteiger partial charge in [-0.2, -0.15) is 5.10 Å². The first kappa shape index (κ1) is 13.3. The van der Waals surface area contributed by atoms with Crippen LogP contribution in [0, 0.1) is 6.92 Å². The lowest BCUT2D eigenvalue weighted by Gasteiger charge is -2.16. The Morgan fingerprint density at radius 1 is 1.25 bits per heavy atom. The van der Waals surface area contributed by atoms with Crippen molar-refractivity contribution in [2.45, 2.75) is 20.0 Å². The summed E-state index contributed by atoms with van der Waals surface area (Å²) >= 11 is 6.28. The van der Waals surface area contributed by atoms with E-state index in [1.807, 2.05) is 32.2 Å². The van der Waals surface area contributed by atoms with E-state index < -0.39 is 0 Å². The van der Waals surface area contributed by atoms with Gasteiger partial charge in [0, 0.05) is 29.9 Å². The lowest BCUT2D eigenvalue weighted by molar-refractivity contribution is 0.174. The van der Waals surface area contributed by atoms with Gasteiger partial charge in [-0.05, 0) is 31.7 Å². The van der Waals surface area contributed by atoms with Crippen molar-refractivity contribution in [3.8, 4) is 11.5 Å². The van der Waals surface area contributed by atoms with Crippen molar-refractivity contribution in [2.75, 3.05) is 13.8 Å². The highest BCUT2D eigenvalue weighted by molar-refractivity contribution is 6.31. The van der Waals surface area contributed by atoms with E-state index in [9.17, 15) is 0 Å². The highest BCUT2D eigenvalue weighted by Gasteiger charge is 2.17. The molecule has 1 aliphatic rings. The number of fused-ring (bicyclic) bond motifs is 1. The van der Waals surface area contributed by atoms with Gasteiger partial charge in [-0.25, -0.2) is 0 Å². The summed E-state index contributed by atoms with van der Waals surface area (Å²) in [6, 6.07) is 5.79. The van der Waals surface area contributed by atoms with Gasteiger partial charge in [-0.3, -0.25) is 10.00 Å². The molecular formula is C14H16ClN3O2.